The molecule has 1 aromatic heterocycles. The lowest BCUT2D eigenvalue weighted by molar-refractivity contribution is 0.190. The van der Waals surface area contributed by atoms with E-state index in [1.165, 1.54) is 5.56 Å². The molecule has 0 fully saturated rings. The lowest BCUT2D eigenvalue weighted by atomic mass is 10.2. The first-order valence-corrected chi connectivity index (χ1v) is 6.14. The highest BCUT2D eigenvalue weighted by Gasteiger charge is 2.04. The Bertz CT molecular complexity index is 493. The minimum atomic E-state index is 0.766. The van der Waals surface area contributed by atoms with E-state index in [1.807, 2.05) is 24.5 Å². The number of nitrogens with zero attached hydrogens (tertiary/aromatic N) is 2. The van der Waals surface area contributed by atoms with Crippen molar-refractivity contribution < 1.29 is 4.74 Å². The molecular formula is C14H19N3O. The van der Waals surface area contributed by atoms with Gasteiger partial charge in [0.25, 0.3) is 0 Å². The molecule has 0 amide bonds. The second-order valence-corrected chi connectivity index (χ2v) is 4.23. The third kappa shape index (κ3) is 3.11. The molecular weight excluding hydrogens is 226 g/mol. The minimum absolute atomic E-state index is 0.766. The SMILES string of the molecule is COCCCn1ccnc1Nc1ccccc1C. The number of rotatable bonds is 6. The smallest absolute Gasteiger partial charge is 0.207 e. The lowest BCUT2D eigenvalue weighted by Crippen LogP contribution is -2.05. The van der Waals surface area contributed by atoms with Gasteiger partial charge in [0.05, 0.1) is 0 Å². The Hall–Kier alpha value is -1.81. The van der Waals surface area contributed by atoms with Crippen molar-refractivity contribution in [1.82, 2.24) is 9.55 Å². The predicted octanol–water partition coefficient (Wildman–Crippen LogP) is 2.97. The van der Waals surface area contributed by atoms with Gasteiger partial charge >= 0.3 is 0 Å². The third-order valence-electron chi connectivity index (χ3n) is 2.85. The molecule has 2 aromatic rings. The number of hydrogen-bond donors (Lipinski definition) is 1. The van der Waals surface area contributed by atoms with Crippen LogP contribution in [0.3, 0.4) is 0 Å². The number of para-hydroxylation sites is 1. The second-order valence-electron chi connectivity index (χ2n) is 4.23. The Morgan fingerprint density at radius 3 is 2.94 bits per heavy atom. The molecule has 1 heterocycles. The highest BCUT2D eigenvalue weighted by molar-refractivity contribution is 5.58. The van der Waals surface area contributed by atoms with Gasteiger partial charge in [0.1, 0.15) is 0 Å². The molecule has 0 aliphatic carbocycles. The molecule has 4 heteroatoms. The van der Waals surface area contributed by atoms with Gasteiger partial charge in [-0.1, -0.05) is 18.2 Å². The molecule has 1 aromatic carbocycles. The largest absolute Gasteiger partial charge is 0.385 e. The van der Waals surface area contributed by atoms with Crippen LogP contribution in [0.2, 0.25) is 0 Å². The van der Waals surface area contributed by atoms with E-state index in [9.17, 15) is 0 Å². The number of aromatic nitrogens is 2. The van der Waals surface area contributed by atoms with Crippen molar-refractivity contribution in [1.29, 1.82) is 0 Å². The summed E-state index contributed by atoms with van der Waals surface area (Å²) in [6.45, 7) is 3.75. The van der Waals surface area contributed by atoms with Gasteiger partial charge < -0.3 is 14.6 Å². The molecule has 0 spiro atoms. The fourth-order valence-corrected chi connectivity index (χ4v) is 1.83. The van der Waals surface area contributed by atoms with Gasteiger partial charge in [-0.05, 0) is 25.0 Å². The summed E-state index contributed by atoms with van der Waals surface area (Å²) in [5.41, 5.74) is 2.31. The molecule has 2 rings (SSSR count). The highest BCUT2D eigenvalue weighted by atomic mass is 16.5. The predicted molar refractivity (Wildman–Crippen MR) is 73.2 cm³/mol. The van der Waals surface area contributed by atoms with Gasteiger partial charge in [0.2, 0.25) is 5.95 Å². The molecule has 0 aliphatic heterocycles. The van der Waals surface area contributed by atoms with Gasteiger partial charge in [-0.15, -0.1) is 0 Å². The number of imidazole rings is 1. The zero-order valence-corrected chi connectivity index (χ0v) is 10.9. The zero-order valence-electron chi connectivity index (χ0n) is 10.9. The van der Waals surface area contributed by atoms with Crippen LogP contribution >= 0.6 is 0 Å². The lowest BCUT2D eigenvalue weighted by Gasteiger charge is -2.11. The number of aryl methyl sites for hydroxylation is 2. The number of benzene rings is 1. The molecule has 4 nitrogen and oxygen atoms in total. The first-order valence-electron chi connectivity index (χ1n) is 6.14. The fraction of sp³-hybridized carbons (Fsp3) is 0.357. The van der Waals surface area contributed by atoms with Crippen LogP contribution < -0.4 is 5.32 Å². The zero-order chi connectivity index (χ0) is 12.8. The first kappa shape index (κ1) is 12.6. The maximum Gasteiger partial charge on any atom is 0.207 e. The average molecular weight is 245 g/mol. The summed E-state index contributed by atoms with van der Waals surface area (Å²) in [4.78, 5) is 4.34. The summed E-state index contributed by atoms with van der Waals surface area (Å²) in [6, 6.07) is 8.20. The molecule has 18 heavy (non-hydrogen) atoms. The molecule has 0 saturated carbocycles. The van der Waals surface area contributed by atoms with Gasteiger partial charge in [-0.2, -0.15) is 0 Å². The van der Waals surface area contributed by atoms with Crippen LogP contribution in [0.25, 0.3) is 0 Å². The van der Waals surface area contributed by atoms with Crippen LogP contribution in [0, 0.1) is 6.92 Å². The number of hydrogen-bond acceptors (Lipinski definition) is 3. The average Bonchev–Trinajstić information content (AvgIpc) is 2.80. The van der Waals surface area contributed by atoms with E-state index in [0.717, 1.165) is 31.2 Å². The summed E-state index contributed by atoms with van der Waals surface area (Å²) in [5, 5.41) is 3.36. The van der Waals surface area contributed by atoms with Gasteiger partial charge in [0.15, 0.2) is 0 Å². The summed E-state index contributed by atoms with van der Waals surface area (Å²) in [5.74, 6) is 0.875. The Labute approximate surface area is 108 Å². The summed E-state index contributed by atoms with van der Waals surface area (Å²) in [6.07, 6.45) is 4.78. The van der Waals surface area contributed by atoms with Crippen LogP contribution in [0.4, 0.5) is 11.6 Å². The Kier molecular flexibility index (Phi) is 4.36. The van der Waals surface area contributed by atoms with E-state index in [-0.39, 0.29) is 0 Å². The molecule has 1 N–H and O–H groups in total. The topological polar surface area (TPSA) is 39.1 Å². The molecule has 0 atom stereocenters. The standard InChI is InChI=1S/C14H19N3O/c1-12-6-3-4-7-13(12)16-14-15-8-10-17(14)9-5-11-18-2/h3-4,6-8,10H,5,9,11H2,1-2H3,(H,15,16). The fourth-order valence-electron chi connectivity index (χ4n) is 1.83. The number of methoxy groups -OCH3 is 1. The van der Waals surface area contributed by atoms with Crippen LogP contribution in [0.1, 0.15) is 12.0 Å². The van der Waals surface area contributed by atoms with Crippen molar-refractivity contribution in [3.8, 4) is 0 Å². The van der Waals surface area contributed by atoms with Crippen molar-refractivity contribution in [3.63, 3.8) is 0 Å². The number of ether oxygens (including phenoxy) is 1. The minimum Gasteiger partial charge on any atom is -0.385 e. The first-order chi connectivity index (χ1) is 8.81. The maximum atomic E-state index is 5.06. The molecule has 0 radical (unpaired) electrons. The number of anilines is 2. The summed E-state index contributed by atoms with van der Waals surface area (Å²) < 4.78 is 7.17. The van der Waals surface area contributed by atoms with Crippen molar-refractivity contribution in [2.24, 2.45) is 0 Å². The van der Waals surface area contributed by atoms with E-state index < -0.39 is 0 Å². The Morgan fingerprint density at radius 2 is 2.17 bits per heavy atom. The van der Waals surface area contributed by atoms with Gasteiger partial charge in [-0.25, -0.2) is 4.98 Å². The quantitative estimate of drug-likeness (QED) is 0.795. The molecule has 0 aliphatic rings. The Balaban J connectivity index is 2.05. The van der Waals surface area contributed by atoms with Crippen LogP contribution in [-0.4, -0.2) is 23.3 Å². The molecule has 0 unspecified atom stereocenters. The van der Waals surface area contributed by atoms with Crippen LogP contribution in [0.15, 0.2) is 36.7 Å². The molecule has 0 saturated heterocycles. The summed E-state index contributed by atoms with van der Waals surface area (Å²) in [7, 11) is 1.72. The number of nitrogens with one attached hydrogen (secondary N) is 1. The van der Waals surface area contributed by atoms with E-state index in [4.69, 9.17) is 4.74 Å². The van der Waals surface area contributed by atoms with Gasteiger partial charge in [0, 0.05) is 38.3 Å². The van der Waals surface area contributed by atoms with Gasteiger partial charge in [-0.3, -0.25) is 0 Å². The second kappa shape index (κ2) is 6.21. The molecule has 96 valence electrons. The monoisotopic (exact) mass is 245 g/mol. The van der Waals surface area contributed by atoms with E-state index in [0.29, 0.717) is 0 Å². The normalized spacial score (nSPS) is 10.6. The van der Waals surface area contributed by atoms with Crippen LogP contribution in [0.5, 0.6) is 0 Å². The molecule has 0 bridgehead atoms. The maximum absolute atomic E-state index is 5.06. The van der Waals surface area contributed by atoms with Crippen molar-refractivity contribution in [2.45, 2.75) is 19.9 Å². The van der Waals surface area contributed by atoms with Crippen molar-refractivity contribution in [2.75, 3.05) is 19.0 Å². The van der Waals surface area contributed by atoms with Crippen molar-refractivity contribution in [3.05, 3.63) is 42.2 Å². The van der Waals surface area contributed by atoms with E-state index in [2.05, 4.69) is 33.9 Å². The highest BCUT2D eigenvalue weighted by Crippen LogP contribution is 2.18. The van der Waals surface area contributed by atoms with E-state index in [1.54, 1.807) is 7.11 Å². The Morgan fingerprint density at radius 1 is 1.33 bits per heavy atom. The van der Waals surface area contributed by atoms with E-state index >= 15 is 0 Å². The van der Waals surface area contributed by atoms with Crippen molar-refractivity contribution >= 4 is 11.6 Å². The summed E-state index contributed by atoms with van der Waals surface area (Å²) >= 11 is 0. The van der Waals surface area contributed by atoms with Crippen LogP contribution in [-0.2, 0) is 11.3 Å². The third-order valence-corrected chi connectivity index (χ3v) is 2.85.